The van der Waals surface area contributed by atoms with Crippen LogP contribution in [0.25, 0.3) is 0 Å². The maximum absolute atomic E-state index is 10.6. The highest BCUT2D eigenvalue weighted by molar-refractivity contribution is 5.59. The van der Waals surface area contributed by atoms with Crippen molar-refractivity contribution in [2.75, 3.05) is 7.11 Å². The highest BCUT2D eigenvalue weighted by atomic mass is 16.5. The Labute approximate surface area is 186 Å². The van der Waals surface area contributed by atoms with Crippen LogP contribution < -0.4 is 4.74 Å². The summed E-state index contributed by atoms with van der Waals surface area (Å²) in [5.41, 5.74) is 3.50. The Morgan fingerprint density at radius 1 is 1.06 bits per heavy atom. The number of hydrogen-bond donors (Lipinski definition) is 5. The number of benzene rings is 2. The number of aromatic hydroxyl groups is 3. The monoisotopic (exact) mass is 439 g/mol. The predicted octanol–water partition coefficient (Wildman–Crippen LogP) is 3.94. The normalized spacial score (nSPS) is 20.9. The third kappa shape index (κ3) is 4.84. The van der Waals surface area contributed by atoms with Gasteiger partial charge < -0.3 is 34.9 Å². The van der Waals surface area contributed by atoms with Crippen LogP contribution in [0.3, 0.4) is 0 Å². The van der Waals surface area contributed by atoms with Gasteiger partial charge in [-0.25, -0.2) is 0 Å². The highest BCUT2D eigenvalue weighted by Gasteiger charge is 2.33. The third-order valence-corrected chi connectivity index (χ3v) is 6.04. The molecule has 1 fully saturated rings. The van der Waals surface area contributed by atoms with Gasteiger partial charge in [-0.15, -0.1) is 0 Å². The average molecular weight is 440 g/mol. The number of H-pyrrole nitrogens is 1. The zero-order chi connectivity index (χ0) is 22.7. The maximum atomic E-state index is 10.6. The largest absolute Gasteiger partial charge is 0.508 e. The molecule has 1 aliphatic rings. The number of rotatable bonds is 7. The van der Waals surface area contributed by atoms with E-state index in [1.165, 1.54) is 13.2 Å². The van der Waals surface area contributed by atoms with Gasteiger partial charge in [-0.2, -0.15) is 0 Å². The molecule has 170 valence electrons. The van der Waals surface area contributed by atoms with Gasteiger partial charge in [0, 0.05) is 30.8 Å². The Bertz CT molecular complexity index is 1030. The Morgan fingerprint density at radius 2 is 1.84 bits per heavy atom. The van der Waals surface area contributed by atoms with E-state index < -0.39 is 12.2 Å². The van der Waals surface area contributed by atoms with Gasteiger partial charge in [-0.05, 0) is 60.2 Å². The molecular formula is C25H29NO6. The number of aromatic amines is 1. The molecule has 3 atom stereocenters. The minimum atomic E-state index is -0.541. The fourth-order valence-electron chi connectivity index (χ4n) is 4.42. The molecule has 0 spiro atoms. The number of phenolic OH excluding ortho intramolecular Hbond substituents is 3. The fourth-order valence-corrected chi connectivity index (χ4v) is 4.42. The molecule has 2 aromatic carbocycles. The summed E-state index contributed by atoms with van der Waals surface area (Å²) in [4.78, 5) is 3.02. The highest BCUT2D eigenvalue weighted by Crippen LogP contribution is 2.46. The number of aromatic nitrogens is 1. The van der Waals surface area contributed by atoms with E-state index in [0.717, 1.165) is 23.1 Å². The molecule has 1 aliphatic heterocycles. The van der Waals surface area contributed by atoms with E-state index in [9.17, 15) is 20.4 Å². The van der Waals surface area contributed by atoms with E-state index in [0.29, 0.717) is 31.2 Å². The lowest BCUT2D eigenvalue weighted by molar-refractivity contribution is -0.100. The first-order valence-electron chi connectivity index (χ1n) is 10.8. The van der Waals surface area contributed by atoms with Gasteiger partial charge >= 0.3 is 0 Å². The van der Waals surface area contributed by atoms with Crippen LogP contribution >= 0.6 is 0 Å². The number of aliphatic hydroxyl groups excluding tert-OH is 1. The number of phenols is 3. The Hall–Kier alpha value is -3.16. The Morgan fingerprint density at radius 3 is 2.53 bits per heavy atom. The number of nitrogens with one attached hydrogen (secondary N) is 1. The van der Waals surface area contributed by atoms with Crippen molar-refractivity contribution in [3.05, 3.63) is 71.0 Å². The van der Waals surface area contributed by atoms with Gasteiger partial charge in [0.05, 0.1) is 25.4 Å². The zero-order valence-electron chi connectivity index (χ0n) is 18.0. The van der Waals surface area contributed by atoms with E-state index in [2.05, 4.69) is 4.98 Å². The van der Waals surface area contributed by atoms with E-state index in [-0.39, 0.29) is 29.1 Å². The molecule has 0 bridgehead atoms. The Balaban J connectivity index is 1.59. The summed E-state index contributed by atoms with van der Waals surface area (Å²) in [6.45, 7) is 0. The Kier molecular flexibility index (Phi) is 6.58. The van der Waals surface area contributed by atoms with Gasteiger partial charge in [-0.1, -0.05) is 12.1 Å². The SMILES string of the molecule is COc1c(O)c(O)cc([C@@H]2C[C@H](O)C[C@H](CCc3ccc(O)cc3)O2)c1Cc1cc[nH]c1. The first-order valence-corrected chi connectivity index (χ1v) is 10.8. The lowest BCUT2D eigenvalue weighted by atomic mass is 9.89. The van der Waals surface area contributed by atoms with Gasteiger partial charge in [0.15, 0.2) is 11.5 Å². The second-order valence-electron chi connectivity index (χ2n) is 8.32. The van der Waals surface area contributed by atoms with E-state index in [4.69, 9.17) is 9.47 Å². The van der Waals surface area contributed by atoms with Crippen molar-refractivity contribution in [2.24, 2.45) is 0 Å². The summed E-state index contributed by atoms with van der Waals surface area (Å²) < 4.78 is 11.8. The van der Waals surface area contributed by atoms with E-state index >= 15 is 0 Å². The third-order valence-electron chi connectivity index (χ3n) is 6.04. The number of aryl methyl sites for hydroxylation is 1. The zero-order valence-corrected chi connectivity index (χ0v) is 18.0. The molecule has 7 heteroatoms. The summed E-state index contributed by atoms with van der Waals surface area (Å²) in [6, 6.07) is 10.5. The van der Waals surface area contributed by atoms with Crippen molar-refractivity contribution < 1.29 is 29.9 Å². The van der Waals surface area contributed by atoms with Crippen LogP contribution in [-0.2, 0) is 17.6 Å². The van der Waals surface area contributed by atoms with Crippen LogP contribution in [0.4, 0.5) is 0 Å². The number of aliphatic hydroxyl groups is 1. The van der Waals surface area contributed by atoms with E-state index in [1.807, 2.05) is 30.6 Å². The lowest BCUT2D eigenvalue weighted by Gasteiger charge is -2.35. The van der Waals surface area contributed by atoms with Gasteiger partial charge in [0.1, 0.15) is 5.75 Å². The van der Waals surface area contributed by atoms with Crippen molar-refractivity contribution in [1.82, 2.24) is 4.98 Å². The topological polar surface area (TPSA) is 115 Å². The van der Waals surface area contributed by atoms with Crippen molar-refractivity contribution in [1.29, 1.82) is 0 Å². The van der Waals surface area contributed by atoms with Gasteiger partial charge in [0.2, 0.25) is 5.75 Å². The quantitative estimate of drug-likeness (QED) is 0.356. The summed E-state index contributed by atoms with van der Waals surface area (Å²) in [7, 11) is 1.45. The second-order valence-corrected chi connectivity index (χ2v) is 8.32. The van der Waals surface area contributed by atoms with Crippen LogP contribution in [0.5, 0.6) is 23.0 Å². The average Bonchev–Trinajstić information content (AvgIpc) is 3.29. The molecule has 7 nitrogen and oxygen atoms in total. The molecular weight excluding hydrogens is 410 g/mol. The van der Waals surface area contributed by atoms with Crippen molar-refractivity contribution in [3.8, 4) is 23.0 Å². The molecule has 32 heavy (non-hydrogen) atoms. The predicted molar refractivity (Wildman–Crippen MR) is 119 cm³/mol. The van der Waals surface area contributed by atoms with Crippen molar-refractivity contribution in [3.63, 3.8) is 0 Å². The summed E-state index contributed by atoms with van der Waals surface area (Å²) >= 11 is 0. The number of ether oxygens (including phenoxy) is 2. The molecule has 0 amide bonds. The summed E-state index contributed by atoms with van der Waals surface area (Å²) in [5, 5.41) is 40.7. The maximum Gasteiger partial charge on any atom is 0.200 e. The molecule has 0 aliphatic carbocycles. The first kappa shape index (κ1) is 22.0. The van der Waals surface area contributed by atoms with Crippen LogP contribution in [0, 0.1) is 0 Å². The number of methoxy groups -OCH3 is 1. The molecule has 1 aromatic heterocycles. The molecule has 0 unspecified atom stereocenters. The smallest absolute Gasteiger partial charge is 0.200 e. The molecule has 0 radical (unpaired) electrons. The molecule has 3 aromatic rings. The van der Waals surface area contributed by atoms with Crippen LogP contribution in [0.2, 0.25) is 0 Å². The lowest BCUT2D eigenvalue weighted by Crippen LogP contribution is -2.32. The summed E-state index contributed by atoms with van der Waals surface area (Å²) in [6.07, 6.45) is 5.40. The van der Waals surface area contributed by atoms with Crippen LogP contribution in [0.15, 0.2) is 48.8 Å². The molecule has 4 rings (SSSR count). The molecule has 0 saturated carbocycles. The molecule has 5 N–H and O–H groups in total. The standard InChI is InChI=1S/C25H29NO6/c1-31-25-21(10-16-8-9-26-14-16)20(13-22(29)24(25)30)23-12-18(28)11-19(32-23)7-4-15-2-5-17(27)6-3-15/h2-3,5-6,8-9,13-14,18-19,23,26-30H,4,7,10-12H2,1H3/t18-,19+,23+/m1/s1. The van der Waals surface area contributed by atoms with Crippen LogP contribution in [-0.4, -0.2) is 44.7 Å². The minimum Gasteiger partial charge on any atom is -0.508 e. The fraction of sp³-hybridized carbons (Fsp3) is 0.360. The first-order chi connectivity index (χ1) is 15.4. The van der Waals surface area contributed by atoms with Crippen molar-refractivity contribution >= 4 is 0 Å². The van der Waals surface area contributed by atoms with Crippen LogP contribution in [0.1, 0.15) is 47.6 Å². The van der Waals surface area contributed by atoms with Gasteiger partial charge in [0.25, 0.3) is 0 Å². The number of hydrogen-bond acceptors (Lipinski definition) is 6. The van der Waals surface area contributed by atoms with Gasteiger partial charge in [-0.3, -0.25) is 0 Å². The summed E-state index contributed by atoms with van der Waals surface area (Å²) in [5.74, 6) is -0.138. The molecule has 2 heterocycles. The van der Waals surface area contributed by atoms with Crippen molar-refractivity contribution in [2.45, 2.75) is 50.4 Å². The van der Waals surface area contributed by atoms with E-state index in [1.54, 1.807) is 12.1 Å². The second kappa shape index (κ2) is 9.54. The molecule has 1 saturated heterocycles. The minimum absolute atomic E-state index is 0.167.